The second-order valence-electron chi connectivity index (χ2n) is 4.57. The minimum absolute atomic E-state index is 0.0220. The van der Waals surface area contributed by atoms with E-state index in [0.29, 0.717) is 5.56 Å². The van der Waals surface area contributed by atoms with Gasteiger partial charge in [-0.15, -0.1) is 0 Å². The second kappa shape index (κ2) is 6.13. The molecule has 0 aliphatic carbocycles. The van der Waals surface area contributed by atoms with Crippen LogP contribution in [0.25, 0.3) is 6.08 Å². The lowest BCUT2D eigenvalue weighted by molar-refractivity contribution is -0.384. The van der Waals surface area contributed by atoms with Crippen molar-refractivity contribution in [3.8, 4) is 0 Å². The fraction of sp³-hybridized carbons (Fsp3) is 0.357. The van der Waals surface area contributed by atoms with E-state index in [1.54, 1.807) is 18.2 Å². The third-order valence-electron chi connectivity index (χ3n) is 3.17. The predicted octanol–water partition coefficient (Wildman–Crippen LogP) is 2.62. The zero-order chi connectivity index (χ0) is 13.7. The first kappa shape index (κ1) is 13.3. The zero-order valence-corrected chi connectivity index (χ0v) is 10.6. The maximum absolute atomic E-state index is 11.9. The summed E-state index contributed by atoms with van der Waals surface area (Å²) in [5.74, 6) is -0.0220. The summed E-state index contributed by atoms with van der Waals surface area (Å²) < 4.78 is 0. The molecule has 0 aromatic heterocycles. The molecule has 1 aliphatic rings. The number of hydrogen-bond acceptors (Lipinski definition) is 3. The van der Waals surface area contributed by atoms with Gasteiger partial charge in [-0.3, -0.25) is 14.9 Å². The van der Waals surface area contributed by atoms with Gasteiger partial charge in [-0.25, -0.2) is 0 Å². The molecule has 0 unspecified atom stereocenters. The number of non-ortho nitro benzene ring substituents is 1. The zero-order valence-electron chi connectivity index (χ0n) is 10.6. The predicted molar refractivity (Wildman–Crippen MR) is 72.6 cm³/mol. The Labute approximate surface area is 111 Å². The summed E-state index contributed by atoms with van der Waals surface area (Å²) in [5.41, 5.74) is 0.701. The summed E-state index contributed by atoms with van der Waals surface area (Å²) in [4.78, 5) is 23.9. The van der Waals surface area contributed by atoms with Gasteiger partial charge in [0.2, 0.25) is 5.91 Å². The van der Waals surface area contributed by atoms with Crippen LogP contribution in [-0.2, 0) is 4.79 Å². The van der Waals surface area contributed by atoms with Crippen LogP contribution in [-0.4, -0.2) is 28.8 Å². The SMILES string of the molecule is O=C(/C=C/c1cccc([N+](=O)[O-])c1)N1CCCCC1. The van der Waals surface area contributed by atoms with Crippen LogP contribution in [0.5, 0.6) is 0 Å². The number of piperidine rings is 1. The van der Waals surface area contributed by atoms with E-state index < -0.39 is 4.92 Å². The highest BCUT2D eigenvalue weighted by molar-refractivity contribution is 5.91. The summed E-state index contributed by atoms with van der Waals surface area (Å²) in [6, 6.07) is 6.25. The maximum Gasteiger partial charge on any atom is 0.270 e. The van der Waals surface area contributed by atoms with Crippen LogP contribution in [0.3, 0.4) is 0 Å². The Morgan fingerprint density at radius 3 is 2.68 bits per heavy atom. The fourth-order valence-corrected chi connectivity index (χ4v) is 2.13. The molecule has 1 amide bonds. The van der Waals surface area contributed by atoms with Crippen molar-refractivity contribution in [1.29, 1.82) is 0 Å². The molecule has 0 spiro atoms. The molecule has 0 bridgehead atoms. The molecule has 1 aromatic rings. The van der Waals surface area contributed by atoms with Gasteiger partial charge >= 0.3 is 0 Å². The van der Waals surface area contributed by atoms with Crippen molar-refractivity contribution < 1.29 is 9.72 Å². The minimum atomic E-state index is -0.441. The lowest BCUT2D eigenvalue weighted by Gasteiger charge is -2.25. The lowest BCUT2D eigenvalue weighted by Crippen LogP contribution is -2.34. The largest absolute Gasteiger partial charge is 0.339 e. The van der Waals surface area contributed by atoms with E-state index in [2.05, 4.69) is 0 Å². The van der Waals surface area contributed by atoms with Crippen LogP contribution >= 0.6 is 0 Å². The molecule has 1 heterocycles. The van der Waals surface area contributed by atoms with E-state index in [0.717, 1.165) is 25.9 Å². The van der Waals surface area contributed by atoms with Crippen molar-refractivity contribution in [1.82, 2.24) is 4.90 Å². The van der Waals surface area contributed by atoms with E-state index in [4.69, 9.17) is 0 Å². The summed E-state index contributed by atoms with van der Waals surface area (Å²) in [6.45, 7) is 1.61. The smallest absolute Gasteiger partial charge is 0.270 e. The summed E-state index contributed by atoms with van der Waals surface area (Å²) in [6.07, 6.45) is 6.40. The first-order chi connectivity index (χ1) is 9.16. The number of carbonyl (C=O) groups is 1. The molecular formula is C14H16N2O3. The Morgan fingerprint density at radius 1 is 1.26 bits per heavy atom. The van der Waals surface area contributed by atoms with Gasteiger partial charge in [-0.05, 0) is 30.9 Å². The molecule has 0 radical (unpaired) electrons. The molecule has 2 rings (SSSR count). The summed E-state index contributed by atoms with van der Waals surface area (Å²) in [7, 11) is 0. The van der Waals surface area contributed by atoms with E-state index in [1.807, 2.05) is 4.90 Å². The van der Waals surface area contributed by atoms with E-state index in [1.165, 1.54) is 24.6 Å². The van der Waals surface area contributed by atoms with Gasteiger partial charge < -0.3 is 4.90 Å². The number of benzene rings is 1. The van der Waals surface area contributed by atoms with Crippen LogP contribution in [0, 0.1) is 10.1 Å². The Morgan fingerprint density at radius 2 is 2.00 bits per heavy atom. The highest BCUT2D eigenvalue weighted by Crippen LogP contribution is 2.15. The second-order valence-corrected chi connectivity index (χ2v) is 4.57. The number of carbonyl (C=O) groups excluding carboxylic acids is 1. The van der Waals surface area contributed by atoms with Crippen molar-refractivity contribution in [2.75, 3.05) is 13.1 Å². The van der Waals surface area contributed by atoms with Crippen molar-refractivity contribution in [3.05, 3.63) is 46.0 Å². The van der Waals surface area contributed by atoms with Crippen LogP contribution in [0.15, 0.2) is 30.3 Å². The van der Waals surface area contributed by atoms with Gasteiger partial charge in [0.25, 0.3) is 5.69 Å². The Bertz CT molecular complexity index is 505. The highest BCUT2D eigenvalue weighted by atomic mass is 16.6. The number of hydrogen-bond donors (Lipinski definition) is 0. The molecule has 5 nitrogen and oxygen atoms in total. The van der Waals surface area contributed by atoms with E-state index in [9.17, 15) is 14.9 Å². The topological polar surface area (TPSA) is 63.4 Å². The molecule has 0 saturated carbocycles. The van der Waals surface area contributed by atoms with Gasteiger partial charge in [-0.2, -0.15) is 0 Å². The van der Waals surface area contributed by atoms with Crippen molar-refractivity contribution >= 4 is 17.7 Å². The van der Waals surface area contributed by atoms with Crippen molar-refractivity contribution in [2.45, 2.75) is 19.3 Å². The Hall–Kier alpha value is -2.17. The number of nitro groups is 1. The standard InChI is InChI=1S/C14H16N2O3/c17-14(15-9-2-1-3-10-15)8-7-12-5-4-6-13(11-12)16(18)19/h4-8,11H,1-3,9-10H2/b8-7+. The van der Waals surface area contributed by atoms with Crippen molar-refractivity contribution in [3.63, 3.8) is 0 Å². The first-order valence-electron chi connectivity index (χ1n) is 6.38. The van der Waals surface area contributed by atoms with Gasteiger partial charge in [-0.1, -0.05) is 12.1 Å². The monoisotopic (exact) mass is 260 g/mol. The van der Waals surface area contributed by atoms with Crippen LogP contribution in [0.1, 0.15) is 24.8 Å². The molecule has 1 aliphatic heterocycles. The third kappa shape index (κ3) is 3.64. The number of amides is 1. The molecule has 1 aromatic carbocycles. The molecule has 5 heteroatoms. The normalized spacial score (nSPS) is 15.7. The highest BCUT2D eigenvalue weighted by Gasteiger charge is 2.13. The molecule has 1 fully saturated rings. The number of nitrogens with zero attached hydrogens (tertiary/aromatic N) is 2. The van der Waals surface area contributed by atoms with E-state index >= 15 is 0 Å². The van der Waals surface area contributed by atoms with Crippen molar-refractivity contribution in [2.24, 2.45) is 0 Å². The lowest BCUT2D eigenvalue weighted by atomic mass is 10.1. The number of nitro benzene ring substituents is 1. The molecular weight excluding hydrogens is 244 g/mol. The van der Waals surface area contributed by atoms with Gasteiger partial charge in [0, 0.05) is 31.3 Å². The average Bonchev–Trinajstić information content (AvgIpc) is 2.46. The Kier molecular flexibility index (Phi) is 4.28. The first-order valence-corrected chi connectivity index (χ1v) is 6.38. The third-order valence-corrected chi connectivity index (χ3v) is 3.17. The van der Waals surface area contributed by atoms with Gasteiger partial charge in [0.1, 0.15) is 0 Å². The summed E-state index contributed by atoms with van der Waals surface area (Å²) in [5, 5.41) is 10.6. The Balaban J connectivity index is 2.03. The van der Waals surface area contributed by atoms with Gasteiger partial charge in [0.05, 0.1) is 4.92 Å². The van der Waals surface area contributed by atoms with Crippen LogP contribution < -0.4 is 0 Å². The maximum atomic E-state index is 11.9. The van der Waals surface area contributed by atoms with E-state index in [-0.39, 0.29) is 11.6 Å². The number of likely N-dealkylation sites (tertiary alicyclic amines) is 1. The molecule has 0 N–H and O–H groups in total. The minimum Gasteiger partial charge on any atom is -0.339 e. The molecule has 0 atom stereocenters. The van der Waals surface area contributed by atoms with Crippen LogP contribution in [0.4, 0.5) is 5.69 Å². The fourth-order valence-electron chi connectivity index (χ4n) is 2.13. The molecule has 1 saturated heterocycles. The van der Waals surface area contributed by atoms with Crippen LogP contribution in [0.2, 0.25) is 0 Å². The average molecular weight is 260 g/mol. The molecule has 19 heavy (non-hydrogen) atoms. The van der Waals surface area contributed by atoms with Gasteiger partial charge in [0.15, 0.2) is 0 Å². The molecule has 100 valence electrons. The summed E-state index contributed by atoms with van der Waals surface area (Å²) >= 11 is 0. The number of rotatable bonds is 3. The quantitative estimate of drug-likeness (QED) is 0.476.